The molecule has 0 saturated heterocycles. The van der Waals surface area contributed by atoms with Gasteiger partial charge in [-0.25, -0.2) is 4.79 Å². The molecule has 0 aromatic carbocycles. The Kier molecular flexibility index (Phi) is 4.70. The maximum Gasteiger partial charge on any atom is 0.318 e. The number of carbonyl (C=O) groups excluding carboxylic acids is 1. The fourth-order valence-corrected chi connectivity index (χ4v) is 1.82. The molecule has 0 aliphatic carbocycles. The zero-order valence-corrected chi connectivity index (χ0v) is 11.7. The monoisotopic (exact) mass is 274 g/mol. The van der Waals surface area contributed by atoms with Gasteiger partial charge in [-0.3, -0.25) is 4.98 Å². The zero-order chi connectivity index (χ0) is 14.4. The van der Waals surface area contributed by atoms with E-state index in [-0.39, 0.29) is 6.03 Å². The van der Waals surface area contributed by atoms with Crippen LogP contribution < -0.4 is 5.32 Å². The van der Waals surface area contributed by atoms with Crippen LogP contribution in [-0.4, -0.2) is 27.6 Å². The molecule has 0 aliphatic heterocycles. The Morgan fingerprint density at radius 2 is 2.15 bits per heavy atom. The van der Waals surface area contributed by atoms with Crippen LogP contribution >= 0.6 is 0 Å². The molecular formula is C14H18N4O2. The second-order valence-corrected chi connectivity index (χ2v) is 4.46. The van der Waals surface area contributed by atoms with Gasteiger partial charge < -0.3 is 14.7 Å². The number of nitrogens with one attached hydrogen (secondary N) is 1. The van der Waals surface area contributed by atoms with Crippen LogP contribution in [0.25, 0.3) is 0 Å². The van der Waals surface area contributed by atoms with Crippen LogP contribution in [0.15, 0.2) is 35.1 Å². The molecule has 0 unspecified atom stereocenters. The number of pyridine rings is 1. The summed E-state index contributed by atoms with van der Waals surface area (Å²) in [6, 6.07) is 5.48. The number of aryl methyl sites for hydroxylation is 1. The van der Waals surface area contributed by atoms with Gasteiger partial charge in [0.25, 0.3) is 0 Å². The highest BCUT2D eigenvalue weighted by Crippen LogP contribution is 2.04. The number of hydrogen-bond donors (Lipinski definition) is 1. The number of aromatic nitrogens is 2. The van der Waals surface area contributed by atoms with Gasteiger partial charge in [-0.2, -0.15) is 0 Å². The van der Waals surface area contributed by atoms with Gasteiger partial charge in [-0.05, 0) is 31.5 Å². The largest absolute Gasteiger partial charge is 0.361 e. The van der Waals surface area contributed by atoms with Crippen LogP contribution in [-0.2, 0) is 13.1 Å². The summed E-state index contributed by atoms with van der Waals surface area (Å²) in [5.41, 5.74) is 1.77. The van der Waals surface area contributed by atoms with E-state index in [0.29, 0.717) is 19.6 Å². The van der Waals surface area contributed by atoms with E-state index in [0.717, 1.165) is 17.0 Å². The second-order valence-electron chi connectivity index (χ2n) is 4.46. The molecule has 1 N–H and O–H groups in total. The van der Waals surface area contributed by atoms with Crippen LogP contribution in [0.5, 0.6) is 0 Å². The Bertz CT molecular complexity index is 553. The highest BCUT2D eigenvalue weighted by atomic mass is 16.5. The van der Waals surface area contributed by atoms with Gasteiger partial charge in [-0.1, -0.05) is 5.16 Å². The number of rotatable bonds is 5. The average Bonchev–Trinajstić information content (AvgIpc) is 2.89. The molecule has 0 bridgehead atoms. The lowest BCUT2D eigenvalue weighted by molar-refractivity contribution is 0.197. The van der Waals surface area contributed by atoms with E-state index in [1.54, 1.807) is 23.4 Å². The third-order valence-electron chi connectivity index (χ3n) is 2.89. The normalized spacial score (nSPS) is 10.3. The summed E-state index contributed by atoms with van der Waals surface area (Å²) in [6.45, 7) is 5.32. The first kappa shape index (κ1) is 14.0. The van der Waals surface area contributed by atoms with Crippen molar-refractivity contribution in [3.05, 3.63) is 47.6 Å². The molecule has 0 radical (unpaired) electrons. The molecule has 6 nitrogen and oxygen atoms in total. The van der Waals surface area contributed by atoms with Gasteiger partial charge in [-0.15, -0.1) is 0 Å². The molecule has 2 rings (SSSR count). The molecule has 0 saturated carbocycles. The molecule has 2 aromatic rings. The van der Waals surface area contributed by atoms with Gasteiger partial charge in [0.2, 0.25) is 0 Å². The van der Waals surface area contributed by atoms with Crippen LogP contribution in [0, 0.1) is 6.92 Å². The van der Waals surface area contributed by atoms with Crippen molar-refractivity contribution >= 4 is 6.03 Å². The van der Waals surface area contributed by atoms with E-state index in [9.17, 15) is 4.79 Å². The lowest BCUT2D eigenvalue weighted by Gasteiger charge is -2.21. The van der Waals surface area contributed by atoms with Crippen LogP contribution in [0.1, 0.15) is 23.9 Å². The first-order chi connectivity index (χ1) is 9.69. The maximum absolute atomic E-state index is 12.1. The molecule has 6 heteroatoms. The van der Waals surface area contributed by atoms with Crippen molar-refractivity contribution in [2.45, 2.75) is 26.9 Å². The van der Waals surface area contributed by atoms with Crippen molar-refractivity contribution < 1.29 is 9.32 Å². The molecule has 0 atom stereocenters. The molecule has 20 heavy (non-hydrogen) atoms. The van der Waals surface area contributed by atoms with Crippen molar-refractivity contribution in [3.63, 3.8) is 0 Å². The Morgan fingerprint density at radius 1 is 1.40 bits per heavy atom. The molecule has 0 aliphatic rings. The maximum atomic E-state index is 12.1. The predicted octanol–water partition coefficient (Wildman–Crippen LogP) is 2.11. The number of amides is 2. The van der Waals surface area contributed by atoms with Crippen LogP contribution in [0.3, 0.4) is 0 Å². The molecule has 2 amide bonds. The van der Waals surface area contributed by atoms with Crippen molar-refractivity contribution in [3.8, 4) is 0 Å². The first-order valence-corrected chi connectivity index (χ1v) is 6.53. The third-order valence-corrected chi connectivity index (χ3v) is 2.89. The van der Waals surface area contributed by atoms with Crippen molar-refractivity contribution in [2.75, 3.05) is 6.54 Å². The minimum atomic E-state index is -0.120. The summed E-state index contributed by atoms with van der Waals surface area (Å²) in [5.74, 6) is 0.735. The van der Waals surface area contributed by atoms with E-state index in [2.05, 4.69) is 15.5 Å². The van der Waals surface area contributed by atoms with E-state index in [1.807, 2.05) is 26.0 Å². The van der Waals surface area contributed by atoms with Gasteiger partial charge in [0.1, 0.15) is 11.5 Å². The van der Waals surface area contributed by atoms with Crippen LogP contribution in [0.4, 0.5) is 4.79 Å². The quantitative estimate of drug-likeness (QED) is 0.906. The molecule has 0 fully saturated rings. The molecule has 106 valence electrons. The fraction of sp³-hybridized carbons (Fsp3) is 0.357. The van der Waals surface area contributed by atoms with Gasteiger partial charge in [0.05, 0.1) is 6.54 Å². The minimum absolute atomic E-state index is 0.120. The van der Waals surface area contributed by atoms with Gasteiger partial charge in [0.15, 0.2) is 0 Å². The summed E-state index contributed by atoms with van der Waals surface area (Å²) in [5, 5.41) is 6.67. The van der Waals surface area contributed by atoms with E-state index < -0.39 is 0 Å². The van der Waals surface area contributed by atoms with Gasteiger partial charge >= 0.3 is 6.03 Å². The van der Waals surface area contributed by atoms with E-state index >= 15 is 0 Å². The van der Waals surface area contributed by atoms with Crippen LogP contribution in [0.2, 0.25) is 0 Å². The Balaban J connectivity index is 1.89. The smallest absolute Gasteiger partial charge is 0.318 e. The van der Waals surface area contributed by atoms with Gasteiger partial charge in [0, 0.05) is 31.5 Å². The number of carbonyl (C=O) groups is 1. The van der Waals surface area contributed by atoms with Crippen molar-refractivity contribution in [2.24, 2.45) is 0 Å². The van der Waals surface area contributed by atoms with E-state index in [1.165, 1.54) is 0 Å². The summed E-state index contributed by atoms with van der Waals surface area (Å²) in [6.07, 6.45) is 3.44. The fourth-order valence-electron chi connectivity index (χ4n) is 1.82. The lowest BCUT2D eigenvalue weighted by atomic mass is 10.2. The Labute approximate surface area is 117 Å². The highest BCUT2D eigenvalue weighted by molar-refractivity contribution is 5.74. The highest BCUT2D eigenvalue weighted by Gasteiger charge is 2.12. The molecule has 2 heterocycles. The second kappa shape index (κ2) is 6.70. The van der Waals surface area contributed by atoms with E-state index in [4.69, 9.17) is 4.52 Å². The summed E-state index contributed by atoms with van der Waals surface area (Å²) >= 11 is 0. The molecule has 2 aromatic heterocycles. The summed E-state index contributed by atoms with van der Waals surface area (Å²) < 4.78 is 4.96. The first-order valence-electron chi connectivity index (χ1n) is 6.53. The minimum Gasteiger partial charge on any atom is -0.361 e. The topological polar surface area (TPSA) is 71.3 Å². The number of hydrogen-bond acceptors (Lipinski definition) is 4. The Morgan fingerprint density at radius 3 is 2.75 bits per heavy atom. The standard InChI is InChI=1S/C14H18N4O2/c1-3-18(10-12-4-6-15-7-5-12)14(19)16-9-13-8-11(2)20-17-13/h4-8H,3,9-10H2,1-2H3,(H,16,19). The van der Waals surface area contributed by atoms with Crippen molar-refractivity contribution in [1.82, 2.24) is 20.4 Å². The lowest BCUT2D eigenvalue weighted by Crippen LogP contribution is -2.39. The zero-order valence-electron chi connectivity index (χ0n) is 11.7. The summed E-state index contributed by atoms with van der Waals surface area (Å²) in [7, 11) is 0. The predicted molar refractivity (Wildman–Crippen MR) is 73.8 cm³/mol. The number of nitrogens with zero attached hydrogens (tertiary/aromatic N) is 3. The third kappa shape index (κ3) is 3.81. The van der Waals surface area contributed by atoms with Crippen molar-refractivity contribution in [1.29, 1.82) is 0 Å². The average molecular weight is 274 g/mol. The summed E-state index contributed by atoms with van der Waals surface area (Å²) in [4.78, 5) is 17.8. The molecular weight excluding hydrogens is 256 g/mol. The molecule has 0 spiro atoms. The number of urea groups is 1. The SMILES string of the molecule is CCN(Cc1ccncc1)C(=O)NCc1cc(C)on1. The Hall–Kier alpha value is -2.37.